The van der Waals surface area contributed by atoms with Gasteiger partial charge in [0, 0.05) is 16.9 Å². The highest BCUT2D eigenvalue weighted by molar-refractivity contribution is 9.10. The number of pyridine rings is 1. The van der Waals surface area contributed by atoms with E-state index >= 15 is 0 Å². The molecule has 0 fully saturated rings. The third kappa shape index (κ3) is 2.30. The Balaban J connectivity index is 2.26. The molecule has 2 heterocycles. The van der Waals surface area contributed by atoms with Crippen molar-refractivity contribution in [3.05, 3.63) is 39.7 Å². The molecule has 0 spiro atoms. The van der Waals surface area contributed by atoms with Crippen molar-refractivity contribution in [2.45, 2.75) is 6.54 Å². The molecule has 6 heteroatoms. The molecule has 0 aliphatic rings. The Bertz CT molecular complexity index is 463. The van der Waals surface area contributed by atoms with Gasteiger partial charge in [-0.15, -0.1) is 0 Å². The van der Waals surface area contributed by atoms with Gasteiger partial charge in [-0.3, -0.25) is 9.67 Å². The lowest BCUT2D eigenvalue weighted by Gasteiger charge is -2.02. The molecule has 0 amide bonds. The van der Waals surface area contributed by atoms with E-state index in [4.69, 9.17) is 17.3 Å². The number of nitrogen functional groups attached to an aromatic ring is 1. The quantitative estimate of drug-likeness (QED) is 0.922. The molecule has 2 rings (SSSR count). The van der Waals surface area contributed by atoms with Crippen LogP contribution >= 0.6 is 27.5 Å². The molecule has 0 aliphatic carbocycles. The van der Waals surface area contributed by atoms with Gasteiger partial charge in [-0.2, -0.15) is 5.10 Å². The summed E-state index contributed by atoms with van der Waals surface area (Å²) < 4.78 is 2.60. The summed E-state index contributed by atoms with van der Waals surface area (Å²) in [5, 5.41) is 4.51. The summed E-state index contributed by atoms with van der Waals surface area (Å²) in [7, 11) is 0. The molecule has 0 unspecified atom stereocenters. The second-order valence-corrected chi connectivity index (χ2v) is 4.25. The molecule has 2 aromatic heterocycles. The van der Waals surface area contributed by atoms with Crippen LogP contribution in [0.4, 0.5) is 5.82 Å². The predicted octanol–water partition coefficient (Wildman–Crippen LogP) is 2.32. The maximum Gasteiger partial charge on any atom is 0.164 e. The number of halogens is 2. The Morgan fingerprint density at radius 3 is 2.93 bits per heavy atom. The van der Waals surface area contributed by atoms with E-state index in [9.17, 15) is 0 Å². The highest BCUT2D eigenvalue weighted by atomic mass is 79.9. The van der Waals surface area contributed by atoms with Crippen LogP contribution in [0.3, 0.4) is 0 Å². The molecule has 0 saturated carbocycles. The number of rotatable bonds is 2. The van der Waals surface area contributed by atoms with Crippen LogP contribution in [0.5, 0.6) is 0 Å². The Morgan fingerprint density at radius 1 is 1.53 bits per heavy atom. The number of hydrogen-bond donors (Lipinski definition) is 1. The van der Waals surface area contributed by atoms with Gasteiger partial charge in [0.05, 0.1) is 12.2 Å². The maximum atomic E-state index is 5.79. The van der Waals surface area contributed by atoms with Crippen LogP contribution in [0, 0.1) is 0 Å². The fourth-order valence-corrected chi connectivity index (χ4v) is 1.71. The van der Waals surface area contributed by atoms with Crippen LogP contribution in [0.25, 0.3) is 0 Å². The van der Waals surface area contributed by atoms with E-state index < -0.39 is 0 Å². The summed E-state index contributed by atoms with van der Waals surface area (Å²) >= 11 is 9.21. The van der Waals surface area contributed by atoms with Crippen LogP contribution in [0.1, 0.15) is 5.69 Å². The SMILES string of the molecule is Nc1nn(Cc2ncccc2Br)cc1Cl. The number of hydrogen-bond acceptors (Lipinski definition) is 3. The van der Waals surface area contributed by atoms with Gasteiger partial charge < -0.3 is 5.73 Å². The number of anilines is 1. The molecule has 0 aliphatic heterocycles. The van der Waals surface area contributed by atoms with E-state index in [1.54, 1.807) is 17.1 Å². The van der Waals surface area contributed by atoms with Crippen LogP contribution in [0.15, 0.2) is 29.0 Å². The molecule has 0 atom stereocenters. The van der Waals surface area contributed by atoms with Crippen molar-refractivity contribution in [2.75, 3.05) is 5.73 Å². The van der Waals surface area contributed by atoms with Gasteiger partial charge in [0.25, 0.3) is 0 Å². The summed E-state index contributed by atoms with van der Waals surface area (Å²) in [6, 6.07) is 3.79. The Labute approximate surface area is 100 Å². The minimum absolute atomic E-state index is 0.337. The van der Waals surface area contributed by atoms with Gasteiger partial charge in [0.1, 0.15) is 5.02 Å². The molecule has 15 heavy (non-hydrogen) atoms. The van der Waals surface area contributed by atoms with Gasteiger partial charge in [-0.25, -0.2) is 0 Å². The fourth-order valence-electron chi connectivity index (χ4n) is 1.18. The highest BCUT2D eigenvalue weighted by Gasteiger charge is 2.05. The van der Waals surface area contributed by atoms with Gasteiger partial charge >= 0.3 is 0 Å². The summed E-state index contributed by atoms with van der Waals surface area (Å²) in [6.07, 6.45) is 3.41. The van der Waals surface area contributed by atoms with Crippen molar-refractivity contribution in [1.82, 2.24) is 14.8 Å². The normalized spacial score (nSPS) is 10.5. The largest absolute Gasteiger partial charge is 0.381 e. The van der Waals surface area contributed by atoms with E-state index in [1.807, 2.05) is 12.1 Å². The third-order valence-corrected chi connectivity index (χ3v) is 2.90. The van der Waals surface area contributed by atoms with Crippen LogP contribution in [-0.4, -0.2) is 14.8 Å². The van der Waals surface area contributed by atoms with Crippen LogP contribution in [-0.2, 0) is 6.54 Å². The molecular formula is C9H8BrClN4. The lowest BCUT2D eigenvalue weighted by molar-refractivity contribution is 0.673. The fraction of sp³-hybridized carbons (Fsp3) is 0.111. The third-order valence-electron chi connectivity index (χ3n) is 1.89. The Hall–Kier alpha value is -1.07. The first-order valence-electron chi connectivity index (χ1n) is 4.24. The summed E-state index contributed by atoms with van der Waals surface area (Å²) in [5.41, 5.74) is 6.42. The average molecular weight is 288 g/mol. The molecule has 0 bridgehead atoms. The Morgan fingerprint density at radius 2 is 2.33 bits per heavy atom. The smallest absolute Gasteiger partial charge is 0.164 e. The van der Waals surface area contributed by atoms with Crippen LogP contribution in [0.2, 0.25) is 5.02 Å². The molecule has 2 N–H and O–H groups in total. The first kappa shape index (κ1) is 10.4. The second kappa shape index (κ2) is 4.20. The minimum atomic E-state index is 0.337. The van der Waals surface area contributed by atoms with Crippen molar-refractivity contribution in [1.29, 1.82) is 0 Å². The van der Waals surface area contributed by atoms with Crippen molar-refractivity contribution < 1.29 is 0 Å². The van der Waals surface area contributed by atoms with E-state index in [0.717, 1.165) is 10.2 Å². The van der Waals surface area contributed by atoms with E-state index in [0.29, 0.717) is 17.4 Å². The van der Waals surface area contributed by atoms with Crippen LogP contribution < -0.4 is 5.73 Å². The molecule has 0 aromatic carbocycles. The summed E-state index contributed by atoms with van der Waals surface area (Å²) in [4.78, 5) is 4.22. The molecule has 0 radical (unpaired) electrons. The number of aromatic nitrogens is 3. The molecular weight excluding hydrogens is 279 g/mol. The van der Waals surface area contributed by atoms with E-state index in [-0.39, 0.29) is 0 Å². The topological polar surface area (TPSA) is 56.7 Å². The maximum absolute atomic E-state index is 5.79. The van der Waals surface area contributed by atoms with Crippen molar-refractivity contribution in [2.24, 2.45) is 0 Å². The second-order valence-electron chi connectivity index (χ2n) is 2.99. The predicted molar refractivity (Wildman–Crippen MR) is 62.7 cm³/mol. The molecule has 78 valence electrons. The summed E-state index contributed by atoms with van der Waals surface area (Å²) in [5.74, 6) is 0.337. The highest BCUT2D eigenvalue weighted by Crippen LogP contribution is 2.18. The van der Waals surface area contributed by atoms with E-state index in [2.05, 4.69) is 26.0 Å². The number of nitrogens with two attached hydrogens (primary N) is 1. The van der Waals surface area contributed by atoms with Gasteiger partial charge in [0.15, 0.2) is 5.82 Å². The summed E-state index contributed by atoms with van der Waals surface area (Å²) in [6.45, 7) is 0.540. The van der Waals surface area contributed by atoms with Crippen molar-refractivity contribution in [3.8, 4) is 0 Å². The zero-order valence-electron chi connectivity index (χ0n) is 7.69. The lowest BCUT2D eigenvalue weighted by Crippen LogP contribution is -2.03. The zero-order chi connectivity index (χ0) is 10.8. The van der Waals surface area contributed by atoms with E-state index in [1.165, 1.54) is 0 Å². The average Bonchev–Trinajstić information content (AvgIpc) is 2.50. The zero-order valence-corrected chi connectivity index (χ0v) is 10.0. The number of nitrogens with zero attached hydrogens (tertiary/aromatic N) is 3. The minimum Gasteiger partial charge on any atom is -0.381 e. The lowest BCUT2D eigenvalue weighted by atomic mass is 10.3. The standard InChI is InChI=1S/C9H8BrClN4/c10-6-2-1-3-13-8(6)5-15-4-7(11)9(12)14-15/h1-4H,5H2,(H2,12,14). The molecule has 4 nitrogen and oxygen atoms in total. The first-order valence-corrected chi connectivity index (χ1v) is 5.42. The molecule has 0 saturated heterocycles. The van der Waals surface area contributed by atoms with Crippen molar-refractivity contribution >= 4 is 33.3 Å². The van der Waals surface area contributed by atoms with Gasteiger partial charge in [-0.1, -0.05) is 11.6 Å². The van der Waals surface area contributed by atoms with Crippen molar-refractivity contribution in [3.63, 3.8) is 0 Å². The monoisotopic (exact) mass is 286 g/mol. The van der Waals surface area contributed by atoms with Gasteiger partial charge in [-0.05, 0) is 28.1 Å². The first-order chi connectivity index (χ1) is 7.16. The Kier molecular flexibility index (Phi) is 2.93. The van der Waals surface area contributed by atoms with Gasteiger partial charge in [0.2, 0.25) is 0 Å². The molecule has 2 aromatic rings.